The molecule has 1 unspecified atom stereocenters. The number of halogens is 1. The summed E-state index contributed by atoms with van der Waals surface area (Å²) in [7, 11) is 0. The van der Waals surface area contributed by atoms with Crippen molar-refractivity contribution in [2.24, 2.45) is 0 Å². The van der Waals surface area contributed by atoms with E-state index >= 15 is 0 Å². The number of aliphatic hydroxyl groups is 1. The summed E-state index contributed by atoms with van der Waals surface area (Å²) in [4.78, 5) is 27.5. The molecule has 170 valence electrons. The molecule has 1 amide bonds. The van der Waals surface area contributed by atoms with Crippen molar-refractivity contribution >= 4 is 17.4 Å². The van der Waals surface area contributed by atoms with Crippen LogP contribution in [0.1, 0.15) is 75.3 Å². The molecule has 1 aliphatic rings. The molecular weight excluding hydrogens is 405 g/mol. The number of aryl methyl sites for hydroxylation is 1. The molecule has 0 aromatic heterocycles. The highest BCUT2D eigenvalue weighted by atomic mass is 19.1. The molecule has 1 N–H and O–H groups in total. The third-order valence-electron chi connectivity index (χ3n) is 6.10. The molecule has 2 aromatic carbocycles. The van der Waals surface area contributed by atoms with Crippen molar-refractivity contribution < 1.29 is 19.1 Å². The van der Waals surface area contributed by atoms with Crippen molar-refractivity contribution in [1.29, 1.82) is 0 Å². The van der Waals surface area contributed by atoms with E-state index in [4.69, 9.17) is 0 Å². The number of carbonyl (C=O) groups is 2. The lowest BCUT2D eigenvalue weighted by Crippen LogP contribution is -2.31. The van der Waals surface area contributed by atoms with Gasteiger partial charge in [0.05, 0.1) is 11.6 Å². The third kappa shape index (κ3) is 4.47. The van der Waals surface area contributed by atoms with E-state index in [-0.39, 0.29) is 22.3 Å². The molecule has 3 rings (SSSR count). The second-order valence-corrected chi connectivity index (χ2v) is 9.50. The molecule has 0 saturated carbocycles. The van der Waals surface area contributed by atoms with Crippen LogP contribution in [0.4, 0.5) is 4.39 Å². The molecule has 1 aliphatic heterocycles. The number of amides is 1. The maximum atomic E-state index is 14.8. The fourth-order valence-corrected chi connectivity index (χ4v) is 4.15. The number of hydrogen-bond donors (Lipinski definition) is 1. The normalized spacial score (nSPS) is 18.4. The Labute approximate surface area is 189 Å². The number of rotatable bonds is 6. The lowest BCUT2D eigenvalue weighted by atomic mass is 9.84. The Kier molecular flexibility index (Phi) is 6.87. The highest BCUT2D eigenvalue weighted by molar-refractivity contribution is 6.46. The first kappa shape index (κ1) is 23.7. The van der Waals surface area contributed by atoms with E-state index in [1.165, 1.54) is 11.0 Å². The van der Waals surface area contributed by atoms with Gasteiger partial charge in [-0.15, -0.1) is 0 Å². The second kappa shape index (κ2) is 9.27. The Morgan fingerprint density at radius 2 is 1.78 bits per heavy atom. The first-order valence-electron chi connectivity index (χ1n) is 11.2. The summed E-state index contributed by atoms with van der Waals surface area (Å²) in [5, 5.41) is 11.3. The standard InChI is InChI=1S/C27H32FNO3/c1-6-7-10-15-29-23(19-11-8-9-12-21(19)28)22(25(31)26(29)32)24(30)20-16-18(27(3,4)5)14-13-17(20)2/h8-9,11-14,16,23,30H,6-7,10,15H2,1-5H3/b24-22+. The van der Waals surface area contributed by atoms with Crippen LogP contribution in [-0.4, -0.2) is 28.2 Å². The summed E-state index contributed by atoms with van der Waals surface area (Å²) < 4.78 is 14.8. The number of nitrogens with zero attached hydrogens (tertiary/aromatic N) is 1. The Morgan fingerprint density at radius 3 is 2.41 bits per heavy atom. The molecule has 0 radical (unpaired) electrons. The average molecular weight is 438 g/mol. The summed E-state index contributed by atoms with van der Waals surface area (Å²) >= 11 is 0. The van der Waals surface area contributed by atoms with Gasteiger partial charge in [-0.25, -0.2) is 4.39 Å². The Morgan fingerprint density at radius 1 is 1.09 bits per heavy atom. The second-order valence-electron chi connectivity index (χ2n) is 9.50. The van der Waals surface area contributed by atoms with Gasteiger partial charge in [-0.2, -0.15) is 0 Å². The number of unbranched alkanes of at least 4 members (excludes halogenated alkanes) is 2. The quantitative estimate of drug-likeness (QED) is 0.259. The van der Waals surface area contributed by atoms with Gasteiger partial charge in [0.2, 0.25) is 0 Å². The number of likely N-dealkylation sites (tertiary alicyclic amines) is 1. The van der Waals surface area contributed by atoms with E-state index in [1.54, 1.807) is 18.2 Å². The monoisotopic (exact) mass is 437 g/mol. The van der Waals surface area contributed by atoms with Crippen LogP contribution < -0.4 is 0 Å². The van der Waals surface area contributed by atoms with Crippen LogP contribution in [0.5, 0.6) is 0 Å². The van der Waals surface area contributed by atoms with Crippen LogP contribution in [0, 0.1) is 12.7 Å². The highest BCUT2D eigenvalue weighted by Gasteiger charge is 2.46. The maximum absolute atomic E-state index is 14.8. The van der Waals surface area contributed by atoms with Crippen LogP contribution in [-0.2, 0) is 15.0 Å². The van der Waals surface area contributed by atoms with Crippen LogP contribution in [0.2, 0.25) is 0 Å². The van der Waals surface area contributed by atoms with E-state index in [0.29, 0.717) is 18.5 Å². The minimum atomic E-state index is -0.953. The predicted molar refractivity (Wildman–Crippen MR) is 125 cm³/mol. The molecule has 1 heterocycles. The summed E-state index contributed by atoms with van der Waals surface area (Å²) in [5.41, 5.74) is 2.26. The van der Waals surface area contributed by atoms with Crippen molar-refractivity contribution in [2.45, 2.75) is 65.3 Å². The predicted octanol–water partition coefficient (Wildman–Crippen LogP) is 6.04. The van der Waals surface area contributed by atoms with Gasteiger partial charge in [-0.1, -0.05) is 70.9 Å². The Hall–Kier alpha value is -2.95. The van der Waals surface area contributed by atoms with Crippen molar-refractivity contribution in [3.05, 3.63) is 76.1 Å². The number of benzene rings is 2. The van der Waals surface area contributed by atoms with Gasteiger partial charge in [0, 0.05) is 17.7 Å². The number of Topliss-reactive ketones (excluding diaryl/α,β-unsaturated/α-hetero) is 1. The lowest BCUT2D eigenvalue weighted by Gasteiger charge is -2.26. The molecule has 0 aliphatic carbocycles. The number of ketones is 1. The van der Waals surface area contributed by atoms with Gasteiger partial charge in [0.25, 0.3) is 11.7 Å². The van der Waals surface area contributed by atoms with E-state index in [0.717, 1.165) is 24.0 Å². The molecule has 2 aromatic rings. The first-order chi connectivity index (χ1) is 15.1. The lowest BCUT2D eigenvalue weighted by molar-refractivity contribution is -0.139. The largest absolute Gasteiger partial charge is 0.507 e. The zero-order valence-corrected chi connectivity index (χ0v) is 19.5. The van der Waals surface area contributed by atoms with Crippen LogP contribution in [0.3, 0.4) is 0 Å². The van der Waals surface area contributed by atoms with Crippen LogP contribution in [0.15, 0.2) is 48.0 Å². The Balaban J connectivity index is 2.22. The third-order valence-corrected chi connectivity index (χ3v) is 6.10. The molecule has 0 bridgehead atoms. The van der Waals surface area contributed by atoms with Gasteiger partial charge in [-0.05, 0) is 42.0 Å². The van der Waals surface area contributed by atoms with Crippen molar-refractivity contribution in [3.8, 4) is 0 Å². The number of hydrogen-bond acceptors (Lipinski definition) is 3. The van der Waals surface area contributed by atoms with E-state index in [2.05, 4.69) is 20.8 Å². The minimum Gasteiger partial charge on any atom is -0.507 e. The van der Waals surface area contributed by atoms with Crippen molar-refractivity contribution in [3.63, 3.8) is 0 Å². The smallest absolute Gasteiger partial charge is 0.295 e. The molecular formula is C27H32FNO3. The zero-order chi connectivity index (χ0) is 23.6. The maximum Gasteiger partial charge on any atom is 0.295 e. The summed E-state index contributed by atoms with van der Waals surface area (Å²) in [5.74, 6) is -2.22. The molecule has 1 atom stereocenters. The molecule has 1 saturated heterocycles. The summed E-state index contributed by atoms with van der Waals surface area (Å²) in [6, 6.07) is 10.9. The SMILES string of the molecule is CCCCCN1C(=O)C(=O)/C(=C(/O)c2cc(C(C)(C)C)ccc2C)C1c1ccccc1F. The first-order valence-corrected chi connectivity index (χ1v) is 11.2. The van der Waals surface area contributed by atoms with Crippen LogP contribution in [0.25, 0.3) is 5.76 Å². The van der Waals surface area contributed by atoms with E-state index in [9.17, 15) is 19.1 Å². The Bertz CT molecular complexity index is 1060. The molecule has 32 heavy (non-hydrogen) atoms. The summed E-state index contributed by atoms with van der Waals surface area (Å²) in [6.07, 6.45) is 2.54. The van der Waals surface area contributed by atoms with Crippen molar-refractivity contribution in [1.82, 2.24) is 4.90 Å². The van der Waals surface area contributed by atoms with E-state index in [1.807, 2.05) is 32.0 Å². The molecule has 5 heteroatoms. The van der Waals surface area contributed by atoms with Crippen molar-refractivity contribution in [2.75, 3.05) is 6.54 Å². The fraction of sp³-hybridized carbons (Fsp3) is 0.407. The zero-order valence-electron chi connectivity index (χ0n) is 19.5. The van der Waals surface area contributed by atoms with Gasteiger partial charge in [-0.3, -0.25) is 9.59 Å². The molecule has 1 fully saturated rings. The topological polar surface area (TPSA) is 57.6 Å². The summed E-state index contributed by atoms with van der Waals surface area (Å²) in [6.45, 7) is 10.4. The highest BCUT2D eigenvalue weighted by Crippen LogP contribution is 2.41. The van der Waals surface area contributed by atoms with Crippen LogP contribution >= 0.6 is 0 Å². The van der Waals surface area contributed by atoms with Gasteiger partial charge >= 0.3 is 0 Å². The minimum absolute atomic E-state index is 0.0502. The number of aliphatic hydroxyl groups excluding tert-OH is 1. The molecule has 0 spiro atoms. The van der Waals surface area contributed by atoms with E-state index < -0.39 is 23.5 Å². The van der Waals surface area contributed by atoms with Gasteiger partial charge < -0.3 is 10.0 Å². The number of carbonyl (C=O) groups excluding carboxylic acids is 2. The van der Waals surface area contributed by atoms with Gasteiger partial charge in [0.1, 0.15) is 11.6 Å². The van der Waals surface area contributed by atoms with Gasteiger partial charge in [0.15, 0.2) is 0 Å². The fourth-order valence-electron chi connectivity index (χ4n) is 4.15. The average Bonchev–Trinajstić information content (AvgIpc) is 2.98. The molecule has 4 nitrogen and oxygen atoms in total.